The number of carbonyl (C=O) groups excluding carboxylic acids is 2. The number of rotatable bonds is 2. The third-order valence-electron chi connectivity index (χ3n) is 8.65. The van der Waals surface area contributed by atoms with Gasteiger partial charge in [-0.15, -0.1) is 0 Å². The van der Waals surface area contributed by atoms with Crippen LogP contribution in [-0.2, 0) is 14.9 Å². The summed E-state index contributed by atoms with van der Waals surface area (Å²) in [4.78, 5) is 26.5. The van der Waals surface area contributed by atoms with Crippen LogP contribution in [0.1, 0.15) is 69.8 Å². The lowest BCUT2D eigenvalue weighted by Gasteiger charge is -2.42. The number of carbonyl (C=O) groups is 2. The molecule has 3 nitrogen and oxygen atoms in total. The molecule has 0 spiro atoms. The first-order valence-corrected chi connectivity index (χ1v) is 9.93. The molecule has 0 aromatic heterocycles. The Kier molecular flexibility index (Phi) is 2.81. The summed E-state index contributed by atoms with van der Waals surface area (Å²) in [5, 5.41) is 0. The molecular weight excluding hydrogens is 324 g/mol. The summed E-state index contributed by atoms with van der Waals surface area (Å²) in [5.41, 5.74) is 0.545. The standard InChI is InChI=1S/C23H28O3/c1-20(2)13-10-11-22(5,12-13)18(20)26-19(25)23-15-9-7-6-8-14(15)16(24)17(23)21(23,3)4/h6-9,13,17-18H,10-12H2,1-5H3/t13-,17?,18-,22+,23?/m1/s1. The Labute approximate surface area is 155 Å². The first-order chi connectivity index (χ1) is 12.1. The minimum Gasteiger partial charge on any atom is -0.461 e. The lowest BCUT2D eigenvalue weighted by molar-refractivity contribution is -0.169. The molecule has 3 fully saturated rings. The smallest absolute Gasteiger partial charge is 0.318 e. The third-order valence-corrected chi connectivity index (χ3v) is 8.65. The largest absolute Gasteiger partial charge is 0.461 e. The normalized spacial score (nSPS) is 43.1. The molecule has 0 amide bonds. The predicted octanol–water partition coefficient (Wildman–Crippen LogP) is 4.53. The van der Waals surface area contributed by atoms with Gasteiger partial charge in [-0.1, -0.05) is 58.9 Å². The fraction of sp³-hybridized carbons (Fsp3) is 0.652. The highest BCUT2D eigenvalue weighted by molar-refractivity contribution is 6.15. The molecule has 5 rings (SSSR count). The SMILES string of the molecule is CC1(C)[C@@H]2CC[C@@](C)(C2)[C@@H]1OC(=O)C12c3ccccc3C(=O)C1C2(C)C. The van der Waals surface area contributed by atoms with Crippen LogP contribution in [0.4, 0.5) is 0 Å². The van der Waals surface area contributed by atoms with E-state index in [4.69, 9.17) is 4.74 Å². The van der Waals surface area contributed by atoms with E-state index in [1.54, 1.807) is 0 Å². The Morgan fingerprint density at radius 1 is 1.12 bits per heavy atom. The number of ether oxygens (including phenoxy) is 1. The molecule has 1 aromatic carbocycles. The monoisotopic (exact) mass is 352 g/mol. The van der Waals surface area contributed by atoms with Crippen LogP contribution in [0.5, 0.6) is 0 Å². The minimum absolute atomic E-state index is 0.00988. The van der Waals surface area contributed by atoms with E-state index in [0.29, 0.717) is 11.5 Å². The number of hydrogen-bond donors (Lipinski definition) is 0. The van der Waals surface area contributed by atoms with Gasteiger partial charge in [0.15, 0.2) is 5.78 Å². The van der Waals surface area contributed by atoms with Crippen LogP contribution < -0.4 is 0 Å². The Morgan fingerprint density at radius 3 is 2.46 bits per heavy atom. The van der Waals surface area contributed by atoms with Crippen molar-refractivity contribution in [1.82, 2.24) is 0 Å². The van der Waals surface area contributed by atoms with Crippen molar-refractivity contribution in [3.63, 3.8) is 0 Å². The second-order valence-corrected chi connectivity index (χ2v) is 10.6. The second-order valence-electron chi connectivity index (χ2n) is 10.6. The molecule has 3 heteroatoms. The van der Waals surface area contributed by atoms with Crippen molar-refractivity contribution < 1.29 is 14.3 Å². The average Bonchev–Trinajstić information content (AvgIpc) is 2.86. The van der Waals surface area contributed by atoms with Gasteiger partial charge in [-0.05, 0) is 36.2 Å². The number of esters is 1. The molecule has 4 aliphatic rings. The summed E-state index contributed by atoms with van der Waals surface area (Å²) in [6.07, 6.45) is 3.45. The molecule has 26 heavy (non-hydrogen) atoms. The van der Waals surface area contributed by atoms with Crippen LogP contribution in [0.3, 0.4) is 0 Å². The lowest BCUT2D eigenvalue weighted by Crippen LogP contribution is -2.46. The topological polar surface area (TPSA) is 43.4 Å². The van der Waals surface area contributed by atoms with Crippen molar-refractivity contribution in [2.75, 3.05) is 0 Å². The second kappa shape index (κ2) is 4.43. The highest BCUT2D eigenvalue weighted by Gasteiger charge is 2.83. The molecule has 4 aliphatic carbocycles. The van der Waals surface area contributed by atoms with Crippen molar-refractivity contribution in [2.45, 2.75) is 65.4 Å². The molecule has 0 heterocycles. The fourth-order valence-corrected chi connectivity index (χ4v) is 7.23. The molecule has 2 unspecified atom stereocenters. The molecule has 0 N–H and O–H groups in total. The zero-order valence-corrected chi connectivity index (χ0v) is 16.4. The summed E-state index contributed by atoms with van der Waals surface area (Å²) in [6, 6.07) is 7.63. The summed E-state index contributed by atoms with van der Waals surface area (Å²) < 4.78 is 6.34. The van der Waals surface area contributed by atoms with E-state index in [1.807, 2.05) is 38.1 Å². The molecule has 3 saturated carbocycles. The van der Waals surface area contributed by atoms with Crippen LogP contribution in [0.25, 0.3) is 0 Å². The van der Waals surface area contributed by atoms with E-state index in [0.717, 1.165) is 18.4 Å². The number of Topliss-reactive ketones (excluding diaryl/α,β-unsaturated/α-hetero) is 1. The number of fused-ring (bicyclic) bond motifs is 5. The molecule has 0 saturated heterocycles. The minimum atomic E-state index is -0.783. The van der Waals surface area contributed by atoms with E-state index in [9.17, 15) is 9.59 Å². The number of benzene rings is 1. The number of ketones is 1. The van der Waals surface area contributed by atoms with E-state index in [2.05, 4.69) is 20.8 Å². The van der Waals surface area contributed by atoms with E-state index in [-0.39, 0.29) is 40.0 Å². The van der Waals surface area contributed by atoms with Gasteiger partial charge >= 0.3 is 5.97 Å². The molecule has 0 radical (unpaired) electrons. The van der Waals surface area contributed by atoms with Crippen molar-refractivity contribution in [3.05, 3.63) is 35.4 Å². The molecule has 1 aromatic rings. The van der Waals surface area contributed by atoms with Gasteiger partial charge in [-0.25, -0.2) is 0 Å². The molecule has 138 valence electrons. The van der Waals surface area contributed by atoms with Gasteiger partial charge in [0.25, 0.3) is 0 Å². The maximum absolute atomic E-state index is 13.6. The average molecular weight is 352 g/mol. The zero-order valence-electron chi connectivity index (χ0n) is 16.4. The summed E-state index contributed by atoms with van der Waals surface area (Å²) >= 11 is 0. The van der Waals surface area contributed by atoms with Crippen molar-refractivity contribution in [3.8, 4) is 0 Å². The summed E-state index contributed by atoms with van der Waals surface area (Å²) in [7, 11) is 0. The van der Waals surface area contributed by atoms with E-state index >= 15 is 0 Å². The van der Waals surface area contributed by atoms with Gasteiger partial charge in [-0.2, -0.15) is 0 Å². The molecule has 5 atom stereocenters. The van der Waals surface area contributed by atoms with Crippen LogP contribution in [-0.4, -0.2) is 17.9 Å². The first kappa shape index (κ1) is 16.5. The predicted molar refractivity (Wildman–Crippen MR) is 98.8 cm³/mol. The van der Waals surface area contributed by atoms with Gasteiger partial charge in [0.1, 0.15) is 11.5 Å². The number of hydrogen-bond acceptors (Lipinski definition) is 3. The molecular formula is C23H28O3. The van der Waals surface area contributed by atoms with Crippen LogP contribution in [0, 0.1) is 28.1 Å². The van der Waals surface area contributed by atoms with Gasteiger partial charge < -0.3 is 4.74 Å². The maximum Gasteiger partial charge on any atom is 0.318 e. The van der Waals surface area contributed by atoms with Gasteiger partial charge in [0, 0.05) is 22.3 Å². The van der Waals surface area contributed by atoms with E-state index < -0.39 is 5.41 Å². The highest BCUT2D eigenvalue weighted by Crippen LogP contribution is 2.75. The molecule has 0 aliphatic heterocycles. The van der Waals surface area contributed by atoms with Crippen molar-refractivity contribution in [1.29, 1.82) is 0 Å². The van der Waals surface area contributed by atoms with Crippen LogP contribution >= 0.6 is 0 Å². The summed E-state index contributed by atoms with van der Waals surface area (Å²) in [5.74, 6) is 0.302. The Bertz CT molecular complexity index is 846. The van der Waals surface area contributed by atoms with Crippen LogP contribution in [0.2, 0.25) is 0 Å². The van der Waals surface area contributed by atoms with Gasteiger partial charge in [0.05, 0.1) is 0 Å². The Balaban J connectivity index is 1.55. The fourth-order valence-electron chi connectivity index (χ4n) is 7.23. The quantitative estimate of drug-likeness (QED) is 0.734. The molecule has 2 bridgehead atoms. The zero-order chi connectivity index (χ0) is 18.7. The Morgan fingerprint density at radius 2 is 1.81 bits per heavy atom. The Hall–Kier alpha value is -1.64. The van der Waals surface area contributed by atoms with Crippen molar-refractivity contribution >= 4 is 11.8 Å². The first-order valence-electron chi connectivity index (χ1n) is 9.93. The van der Waals surface area contributed by atoms with Gasteiger partial charge in [0.2, 0.25) is 0 Å². The lowest BCUT2D eigenvalue weighted by atomic mass is 9.70. The third kappa shape index (κ3) is 1.54. The van der Waals surface area contributed by atoms with Crippen molar-refractivity contribution in [2.24, 2.45) is 28.1 Å². The van der Waals surface area contributed by atoms with E-state index in [1.165, 1.54) is 6.42 Å². The highest BCUT2D eigenvalue weighted by atomic mass is 16.5. The van der Waals surface area contributed by atoms with Crippen LogP contribution in [0.15, 0.2) is 24.3 Å². The summed E-state index contributed by atoms with van der Waals surface area (Å²) in [6.45, 7) is 10.9. The maximum atomic E-state index is 13.6. The van der Waals surface area contributed by atoms with Gasteiger partial charge in [-0.3, -0.25) is 9.59 Å².